The number of aromatic nitrogens is 2. The van der Waals surface area contributed by atoms with Crippen molar-refractivity contribution < 1.29 is 4.42 Å². The number of aryl methyl sites for hydroxylation is 1. The van der Waals surface area contributed by atoms with Crippen LogP contribution < -0.4 is 0 Å². The zero-order chi connectivity index (χ0) is 8.27. The van der Waals surface area contributed by atoms with E-state index in [0.717, 1.165) is 13.1 Å². The summed E-state index contributed by atoms with van der Waals surface area (Å²) in [6, 6.07) is 0. The summed E-state index contributed by atoms with van der Waals surface area (Å²) < 4.78 is 5.19. The van der Waals surface area contributed by atoms with Crippen molar-refractivity contribution in [3.63, 3.8) is 0 Å². The van der Waals surface area contributed by atoms with E-state index >= 15 is 0 Å². The van der Waals surface area contributed by atoms with Gasteiger partial charge in [0.1, 0.15) is 0 Å². The van der Waals surface area contributed by atoms with Crippen molar-refractivity contribution in [2.45, 2.75) is 20.4 Å². The summed E-state index contributed by atoms with van der Waals surface area (Å²) in [7, 11) is 2.01. The van der Waals surface area contributed by atoms with E-state index in [0.29, 0.717) is 11.8 Å². The first-order chi connectivity index (χ1) is 5.22. The minimum absolute atomic E-state index is 0.629. The Morgan fingerprint density at radius 3 is 2.64 bits per heavy atom. The molecule has 1 aromatic rings. The summed E-state index contributed by atoms with van der Waals surface area (Å²) in [5, 5.41) is 7.61. The summed E-state index contributed by atoms with van der Waals surface area (Å²) in [5.41, 5.74) is 0. The van der Waals surface area contributed by atoms with E-state index in [4.69, 9.17) is 4.42 Å². The summed E-state index contributed by atoms with van der Waals surface area (Å²) in [5.74, 6) is 1.32. The fourth-order valence-corrected chi connectivity index (χ4v) is 0.744. The van der Waals surface area contributed by atoms with E-state index in [1.807, 2.05) is 7.05 Å². The van der Waals surface area contributed by atoms with Gasteiger partial charge in [-0.3, -0.25) is 4.90 Å². The van der Waals surface area contributed by atoms with E-state index in [1.165, 1.54) is 0 Å². The highest BCUT2D eigenvalue weighted by molar-refractivity contribution is 4.77. The molecule has 0 saturated carbocycles. The molecule has 0 N–H and O–H groups in total. The number of nitrogens with zero attached hydrogens (tertiary/aromatic N) is 3. The van der Waals surface area contributed by atoms with Gasteiger partial charge in [0.2, 0.25) is 11.8 Å². The fourth-order valence-electron chi connectivity index (χ4n) is 0.744. The number of hydrogen-bond donors (Lipinski definition) is 0. The first-order valence-electron chi connectivity index (χ1n) is 3.70. The first kappa shape index (κ1) is 8.20. The van der Waals surface area contributed by atoms with Crippen LogP contribution in [0.1, 0.15) is 18.7 Å². The van der Waals surface area contributed by atoms with Gasteiger partial charge in [-0.15, -0.1) is 10.2 Å². The van der Waals surface area contributed by atoms with Crippen molar-refractivity contribution in [3.8, 4) is 0 Å². The van der Waals surface area contributed by atoms with Crippen molar-refractivity contribution in [1.82, 2.24) is 15.1 Å². The molecule has 11 heavy (non-hydrogen) atoms. The third-order valence-electron chi connectivity index (χ3n) is 1.51. The second-order valence-electron chi connectivity index (χ2n) is 2.55. The van der Waals surface area contributed by atoms with E-state index in [-0.39, 0.29) is 0 Å². The Balaban J connectivity index is 2.50. The van der Waals surface area contributed by atoms with Crippen LogP contribution in [-0.2, 0) is 6.54 Å². The molecule has 0 bridgehead atoms. The van der Waals surface area contributed by atoms with Gasteiger partial charge in [0.25, 0.3) is 0 Å². The fraction of sp³-hybridized carbons (Fsp3) is 0.714. The third kappa shape index (κ3) is 2.31. The van der Waals surface area contributed by atoms with E-state index < -0.39 is 0 Å². The minimum atomic E-state index is 0.629. The molecule has 1 rings (SSSR count). The summed E-state index contributed by atoms with van der Waals surface area (Å²) in [4.78, 5) is 2.10. The van der Waals surface area contributed by atoms with Gasteiger partial charge in [-0.25, -0.2) is 0 Å². The Bertz CT molecular complexity index is 221. The van der Waals surface area contributed by atoms with Crippen LogP contribution in [0.4, 0.5) is 0 Å². The van der Waals surface area contributed by atoms with Crippen molar-refractivity contribution in [2.24, 2.45) is 0 Å². The van der Waals surface area contributed by atoms with E-state index in [2.05, 4.69) is 22.0 Å². The van der Waals surface area contributed by atoms with Crippen LogP contribution in [0, 0.1) is 6.92 Å². The van der Waals surface area contributed by atoms with Crippen LogP contribution in [0.25, 0.3) is 0 Å². The molecular formula is C7H13N3O. The second-order valence-corrected chi connectivity index (χ2v) is 2.55. The normalized spacial score (nSPS) is 10.9. The average molecular weight is 155 g/mol. The molecule has 0 spiro atoms. The van der Waals surface area contributed by atoms with Crippen LogP contribution in [0.5, 0.6) is 0 Å². The van der Waals surface area contributed by atoms with Gasteiger partial charge < -0.3 is 4.42 Å². The highest BCUT2D eigenvalue weighted by Crippen LogP contribution is 2.00. The highest BCUT2D eigenvalue weighted by Gasteiger charge is 2.03. The summed E-state index contributed by atoms with van der Waals surface area (Å²) in [6.07, 6.45) is 0. The summed E-state index contributed by atoms with van der Waals surface area (Å²) in [6.45, 7) is 5.60. The van der Waals surface area contributed by atoms with Crippen LogP contribution in [0.2, 0.25) is 0 Å². The molecule has 0 aromatic carbocycles. The highest BCUT2D eigenvalue weighted by atomic mass is 16.4. The van der Waals surface area contributed by atoms with Gasteiger partial charge in [0, 0.05) is 6.92 Å². The Morgan fingerprint density at radius 1 is 1.45 bits per heavy atom. The molecular weight excluding hydrogens is 142 g/mol. The monoisotopic (exact) mass is 155 g/mol. The Morgan fingerprint density at radius 2 is 2.18 bits per heavy atom. The molecule has 4 heteroatoms. The van der Waals surface area contributed by atoms with Gasteiger partial charge >= 0.3 is 0 Å². The molecule has 0 saturated heterocycles. The van der Waals surface area contributed by atoms with Gasteiger partial charge in [0.05, 0.1) is 6.54 Å². The topological polar surface area (TPSA) is 42.2 Å². The van der Waals surface area contributed by atoms with Gasteiger partial charge in [-0.05, 0) is 13.6 Å². The van der Waals surface area contributed by atoms with Gasteiger partial charge in [-0.1, -0.05) is 6.92 Å². The molecule has 0 amide bonds. The molecule has 0 atom stereocenters. The van der Waals surface area contributed by atoms with Crippen molar-refractivity contribution >= 4 is 0 Å². The smallest absolute Gasteiger partial charge is 0.230 e. The van der Waals surface area contributed by atoms with Crippen LogP contribution in [0.15, 0.2) is 4.42 Å². The zero-order valence-corrected chi connectivity index (χ0v) is 7.16. The average Bonchev–Trinajstić information content (AvgIpc) is 2.35. The molecule has 1 heterocycles. The minimum Gasteiger partial charge on any atom is -0.424 e. The molecule has 4 nitrogen and oxygen atoms in total. The van der Waals surface area contributed by atoms with Crippen LogP contribution >= 0.6 is 0 Å². The first-order valence-corrected chi connectivity index (χ1v) is 3.70. The molecule has 0 fully saturated rings. The molecule has 0 aliphatic heterocycles. The molecule has 0 unspecified atom stereocenters. The zero-order valence-electron chi connectivity index (χ0n) is 7.16. The Kier molecular flexibility index (Phi) is 2.59. The second kappa shape index (κ2) is 3.48. The van der Waals surface area contributed by atoms with E-state index in [1.54, 1.807) is 6.92 Å². The maximum atomic E-state index is 5.19. The van der Waals surface area contributed by atoms with Crippen molar-refractivity contribution in [2.75, 3.05) is 13.6 Å². The van der Waals surface area contributed by atoms with Gasteiger partial charge in [-0.2, -0.15) is 0 Å². The number of rotatable bonds is 3. The van der Waals surface area contributed by atoms with Gasteiger partial charge in [0.15, 0.2) is 0 Å². The molecule has 1 aromatic heterocycles. The van der Waals surface area contributed by atoms with Crippen molar-refractivity contribution in [3.05, 3.63) is 11.8 Å². The lowest BCUT2D eigenvalue weighted by Gasteiger charge is -2.09. The van der Waals surface area contributed by atoms with E-state index in [9.17, 15) is 0 Å². The Hall–Kier alpha value is -0.900. The molecule has 0 aliphatic carbocycles. The van der Waals surface area contributed by atoms with Crippen LogP contribution in [-0.4, -0.2) is 28.7 Å². The maximum Gasteiger partial charge on any atom is 0.230 e. The lowest BCUT2D eigenvalue weighted by molar-refractivity contribution is 0.299. The predicted molar refractivity (Wildman–Crippen MR) is 41.0 cm³/mol. The Labute approximate surface area is 66.2 Å². The third-order valence-corrected chi connectivity index (χ3v) is 1.51. The largest absolute Gasteiger partial charge is 0.424 e. The molecule has 0 aliphatic rings. The molecule has 0 radical (unpaired) electrons. The SMILES string of the molecule is CCN(C)Cc1nnc(C)o1. The number of hydrogen-bond acceptors (Lipinski definition) is 4. The summed E-state index contributed by atoms with van der Waals surface area (Å²) >= 11 is 0. The molecule has 62 valence electrons. The standard InChI is InChI=1S/C7H13N3O/c1-4-10(3)5-7-9-8-6(2)11-7/h4-5H2,1-3H3. The maximum absolute atomic E-state index is 5.19. The predicted octanol–water partition coefficient (Wildman–Crippen LogP) is 0.830. The quantitative estimate of drug-likeness (QED) is 0.648. The lowest BCUT2D eigenvalue weighted by atomic mass is 10.5. The van der Waals surface area contributed by atoms with Crippen molar-refractivity contribution in [1.29, 1.82) is 0 Å². The van der Waals surface area contributed by atoms with Crippen LogP contribution in [0.3, 0.4) is 0 Å². The lowest BCUT2D eigenvalue weighted by Crippen LogP contribution is -2.16.